The van der Waals surface area contributed by atoms with Crippen LogP contribution < -0.4 is 20.1 Å². The molecule has 0 aliphatic rings. The molecule has 0 saturated carbocycles. The molecule has 0 aliphatic heterocycles. The van der Waals surface area contributed by atoms with E-state index < -0.39 is 0 Å². The van der Waals surface area contributed by atoms with Crippen LogP contribution in [0.1, 0.15) is 21.7 Å². The molecule has 0 aliphatic carbocycles. The van der Waals surface area contributed by atoms with Gasteiger partial charge in [-0.15, -0.1) is 0 Å². The van der Waals surface area contributed by atoms with Crippen LogP contribution in [-0.2, 0) is 0 Å². The molecule has 1 aromatic heterocycles. The number of rotatable bonds is 6. The van der Waals surface area contributed by atoms with E-state index >= 15 is 0 Å². The van der Waals surface area contributed by atoms with Crippen LogP contribution in [0.5, 0.6) is 11.5 Å². The molecule has 1 amide bonds. The van der Waals surface area contributed by atoms with Gasteiger partial charge < -0.3 is 20.1 Å². The number of ether oxygens (including phenoxy) is 2. The number of hydrogen-bond donors (Lipinski definition) is 2. The summed E-state index contributed by atoms with van der Waals surface area (Å²) in [6, 6.07) is 14.3. The molecular formula is C21H22N4O3. The van der Waals surface area contributed by atoms with Crippen molar-refractivity contribution in [3.05, 3.63) is 65.5 Å². The summed E-state index contributed by atoms with van der Waals surface area (Å²) in [6.45, 7) is 3.83. The molecule has 0 atom stereocenters. The Morgan fingerprint density at radius 2 is 1.46 bits per heavy atom. The summed E-state index contributed by atoms with van der Waals surface area (Å²) >= 11 is 0. The van der Waals surface area contributed by atoms with Crippen molar-refractivity contribution >= 4 is 23.2 Å². The fourth-order valence-electron chi connectivity index (χ4n) is 2.73. The highest BCUT2D eigenvalue weighted by atomic mass is 16.5. The van der Waals surface area contributed by atoms with E-state index in [1.54, 1.807) is 32.4 Å². The number of methoxy groups -OCH3 is 2. The van der Waals surface area contributed by atoms with Gasteiger partial charge in [0, 0.05) is 34.4 Å². The molecule has 144 valence electrons. The normalized spacial score (nSPS) is 10.3. The highest BCUT2D eigenvalue weighted by molar-refractivity contribution is 6.05. The summed E-state index contributed by atoms with van der Waals surface area (Å²) in [6.07, 6.45) is 0. The molecule has 0 saturated heterocycles. The Labute approximate surface area is 163 Å². The average molecular weight is 378 g/mol. The van der Waals surface area contributed by atoms with Gasteiger partial charge in [-0.05, 0) is 50.2 Å². The van der Waals surface area contributed by atoms with Crippen molar-refractivity contribution in [2.24, 2.45) is 0 Å². The number of carbonyl (C=O) groups excluding carboxylic acids is 1. The van der Waals surface area contributed by atoms with Crippen molar-refractivity contribution in [3.63, 3.8) is 0 Å². The maximum atomic E-state index is 12.6. The van der Waals surface area contributed by atoms with Crippen molar-refractivity contribution in [1.29, 1.82) is 0 Å². The van der Waals surface area contributed by atoms with Gasteiger partial charge in [-0.2, -0.15) is 0 Å². The number of hydrogen-bond acceptors (Lipinski definition) is 6. The topological polar surface area (TPSA) is 85.4 Å². The number of amides is 1. The third-order valence-electron chi connectivity index (χ3n) is 3.97. The van der Waals surface area contributed by atoms with E-state index in [1.807, 2.05) is 44.2 Å². The molecule has 0 fully saturated rings. The molecule has 3 rings (SSSR count). The first-order chi connectivity index (χ1) is 13.5. The Kier molecular flexibility index (Phi) is 5.74. The SMILES string of the molecule is COc1cc(OC)cc(C(=O)Nc2cccc(Nc3nc(C)cc(C)n3)c2)c1. The zero-order chi connectivity index (χ0) is 20.1. The minimum absolute atomic E-state index is 0.267. The second-order valence-corrected chi connectivity index (χ2v) is 6.24. The van der Waals surface area contributed by atoms with Gasteiger partial charge in [-0.3, -0.25) is 4.79 Å². The van der Waals surface area contributed by atoms with Gasteiger partial charge in [0.1, 0.15) is 11.5 Å². The molecule has 0 radical (unpaired) electrons. The van der Waals surface area contributed by atoms with Gasteiger partial charge in [0.05, 0.1) is 14.2 Å². The summed E-state index contributed by atoms with van der Waals surface area (Å²) < 4.78 is 10.4. The maximum absolute atomic E-state index is 12.6. The van der Waals surface area contributed by atoms with Crippen molar-refractivity contribution in [2.75, 3.05) is 24.9 Å². The number of carbonyl (C=O) groups is 1. The maximum Gasteiger partial charge on any atom is 0.255 e. The fourth-order valence-corrected chi connectivity index (χ4v) is 2.73. The number of benzene rings is 2. The van der Waals surface area contributed by atoms with Gasteiger partial charge in [0.2, 0.25) is 5.95 Å². The van der Waals surface area contributed by atoms with Crippen molar-refractivity contribution in [3.8, 4) is 11.5 Å². The largest absolute Gasteiger partial charge is 0.497 e. The number of anilines is 3. The number of aryl methyl sites for hydroxylation is 2. The van der Waals surface area contributed by atoms with E-state index in [9.17, 15) is 4.79 Å². The zero-order valence-corrected chi connectivity index (χ0v) is 16.2. The number of nitrogens with zero attached hydrogens (tertiary/aromatic N) is 2. The second kappa shape index (κ2) is 8.39. The molecule has 28 heavy (non-hydrogen) atoms. The van der Waals surface area contributed by atoms with Crippen molar-refractivity contribution < 1.29 is 14.3 Å². The molecule has 0 bridgehead atoms. The van der Waals surface area contributed by atoms with Gasteiger partial charge in [-0.1, -0.05) is 6.07 Å². The molecule has 3 aromatic rings. The quantitative estimate of drug-likeness (QED) is 0.671. The third kappa shape index (κ3) is 4.76. The Morgan fingerprint density at radius 1 is 0.857 bits per heavy atom. The fraction of sp³-hybridized carbons (Fsp3) is 0.190. The lowest BCUT2D eigenvalue weighted by Gasteiger charge is -2.11. The van der Waals surface area contributed by atoms with Crippen LogP contribution in [0.15, 0.2) is 48.5 Å². The van der Waals surface area contributed by atoms with E-state index in [-0.39, 0.29) is 5.91 Å². The van der Waals surface area contributed by atoms with Crippen LogP contribution in [0.2, 0.25) is 0 Å². The minimum atomic E-state index is -0.267. The lowest BCUT2D eigenvalue weighted by atomic mass is 10.1. The Bertz CT molecular complexity index is 962. The molecule has 7 nitrogen and oxygen atoms in total. The second-order valence-electron chi connectivity index (χ2n) is 6.24. The minimum Gasteiger partial charge on any atom is -0.497 e. The first-order valence-electron chi connectivity index (χ1n) is 8.70. The summed E-state index contributed by atoms with van der Waals surface area (Å²) in [5.41, 5.74) is 3.61. The molecule has 0 unspecified atom stereocenters. The monoisotopic (exact) mass is 378 g/mol. The summed E-state index contributed by atoms with van der Waals surface area (Å²) in [5.74, 6) is 1.34. The summed E-state index contributed by atoms with van der Waals surface area (Å²) in [4.78, 5) is 21.4. The molecule has 0 spiro atoms. The molecule has 2 N–H and O–H groups in total. The predicted molar refractivity (Wildman–Crippen MR) is 109 cm³/mol. The van der Waals surface area contributed by atoms with Gasteiger partial charge in [0.25, 0.3) is 5.91 Å². The van der Waals surface area contributed by atoms with Gasteiger partial charge >= 0.3 is 0 Å². The smallest absolute Gasteiger partial charge is 0.255 e. The van der Waals surface area contributed by atoms with Crippen LogP contribution in [0.4, 0.5) is 17.3 Å². The summed E-state index contributed by atoms with van der Waals surface area (Å²) in [5, 5.41) is 6.04. The number of nitrogens with one attached hydrogen (secondary N) is 2. The average Bonchev–Trinajstić information content (AvgIpc) is 2.67. The molecule has 7 heteroatoms. The zero-order valence-electron chi connectivity index (χ0n) is 16.2. The van der Waals surface area contributed by atoms with E-state index in [4.69, 9.17) is 9.47 Å². The van der Waals surface area contributed by atoms with Gasteiger partial charge in [-0.25, -0.2) is 9.97 Å². The molecular weight excluding hydrogens is 356 g/mol. The van der Waals surface area contributed by atoms with E-state index in [0.29, 0.717) is 28.7 Å². The van der Waals surface area contributed by atoms with Crippen LogP contribution >= 0.6 is 0 Å². The van der Waals surface area contributed by atoms with Gasteiger partial charge in [0.15, 0.2) is 0 Å². The van der Waals surface area contributed by atoms with Crippen LogP contribution in [-0.4, -0.2) is 30.1 Å². The Balaban J connectivity index is 1.78. The lowest BCUT2D eigenvalue weighted by Crippen LogP contribution is -2.12. The molecule has 2 aromatic carbocycles. The first-order valence-corrected chi connectivity index (χ1v) is 8.70. The van der Waals surface area contributed by atoms with Crippen molar-refractivity contribution in [1.82, 2.24) is 9.97 Å². The summed E-state index contributed by atoms with van der Waals surface area (Å²) in [7, 11) is 3.08. The Hall–Kier alpha value is -3.61. The third-order valence-corrected chi connectivity index (χ3v) is 3.97. The highest BCUT2D eigenvalue weighted by Gasteiger charge is 2.11. The Morgan fingerprint density at radius 3 is 2.07 bits per heavy atom. The van der Waals surface area contributed by atoms with E-state index in [0.717, 1.165) is 17.1 Å². The molecule has 1 heterocycles. The standard InChI is InChI=1S/C21H22N4O3/c1-13-8-14(2)23-21(22-13)25-17-7-5-6-16(11-17)24-20(26)15-9-18(27-3)12-19(10-15)28-4/h5-12H,1-4H3,(H,24,26)(H,22,23,25). The van der Waals surface area contributed by atoms with Crippen LogP contribution in [0.25, 0.3) is 0 Å². The lowest BCUT2D eigenvalue weighted by molar-refractivity contribution is 0.102. The van der Waals surface area contributed by atoms with E-state index in [1.165, 1.54) is 0 Å². The number of aromatic nitrogens is 2. The predicted octanol–water partition coefficient (Wildman–Crippen LogP) is 4.11. The van der Waals surface area contributed by atoms with E-state index in [2.05, 4.69) is 20.6 Å². The van der Waals surface area contributed by atoms with Crippen molar-refractivity contribution in [2.45, 2.75) is 13.8 Å². The van der Waals surface area contributed by atoms with Crippen LogP contribution in [0, 0.1) is 13.8 Å². The first kappa shape index (κ1) is 19.2. The van der Waals surface area contributed by atoms with Crippen LogP contribution in [0.3, 0.4) is 0 Å². The highest BCUT2D eigenvalue weighted by Crippen LogP contribution is 2.24.